The van der Waals surface area contributed by atoms with E-state index < -0.39 is 13.5 Å². The molecule has 0 spiro atoms. The predicted octanol–water partition coefficient (Wildman–Crippen LogP) is 2.38. The first kappa shape index (κ1) is 15.4. The maximum absolute atomic E-state index is 11.4. The van der Waals surface area contributed by atoms with Crippen LogP contribution in [0.5, 0.6) is 0 Å². The maximum atomic E-state index is 11.4. The minimum atomic E-state index is -3.70. The number of hydrogen-bond acceptors (Lipinski definition) is 3. The van der Waals surface area contributed by atoms with Crippen molar-refractivity contribution in [1.82, 2.24) is 5.48 Å². The van der Waals surface area contributed by atoms with Crippen LogP contribution in [0, 0.1) is 0 Å². The van der Waals surface area contributed by atoms with Gasteiger partial charge in [0, 0.05) is 5.57 Å². The highest BCUT2D eigenvalue weighted by atomic mass is 31.2. The van der Waals surface area contributed by atoms with Gasteiger partial charge in [-0.2, -0.15) is 4.62 Å². The normalized spacial score (nSPS) is 14.2. The number of nitrogens with one attached hydrogen (secondary N) is 1. The van der Waals surface area contributed by atoms with Crippen molar-refractivity contribution >= 4 is 13.5 Å². The molecule has 0 aliphatic heterocycles. The largest absolute Gasteiger partial charge is 0.349 e. The Kier molecular flexibility index (Phi) is 7.30. The molecular weight excluding hydrogens is 229 g/mol. The van der Waals surface area contributed by atoms with Crippen molar-refractivity contribution < 1.29 is 18.9 Å². The van der Waals surface area contributed by atoms with Crippen LogP contribution in [0.3, 0.4) is 0 Å². The lowest BCUT2D eigenvalue weighted by molar-refractivity contribution is -0.124. The van der Waals surface area contributed by atoms with E-state index in [1.54, 1.807) is 0 Å². The molecular formula is C10H20NO4P. The zero-order valence-electron chi connectivity index (χ0n) is 9.86. The summed E-state index contributed by atoms with van der Waals surface area (Å²) >= 11 is 0. The van der Waals surface area contributed by atoms with Gasteiger partial charge in [-0.25, -0.2) is 5.48 Å². The zero-order valence-corrected chi connectivity index (χ0v) is 10.8. The molecule has 0 aromatic rings. The smallest absolute Gasteiger partial charge is 0.323 e. The van der Waals surface area contributed by atoms with Gasteiger partial charge in [-0.15, -0.1) is 0 Å². The number of carbonyl (C=O) groups excluding carboxylic acids is 1. The highest BCUT2D eigenvalue weighted by molar-refractivity contribution is 7.52. The average molecular weight is 249 g/mol. The third-order valence-electron chi connectivity index (χ3n) is 1.96. The lowest BCUT2D eigenvalue weighted by Crippen LogP contribution is -2.23. The summed E-state index contributed by atoms with van der Waals surface area (Å²) in [6.45, 7) is 6.92. The fourth-order valence-electron chi connectivity index (χ4n) is 0.984. The van der Waals surface area contributed by atoms with Gasteiger partial charge in [0.05, 0.1) is 6.16 Å². The summed E-state index contributed by atoms with van der Waals surface area (Å²) in [5.74, 6) is -0.581. The summed E-state index contributed by atoms with van der Waals surface area (Å²) in [6, 6.07) is 0. The summed E-state index contributed by atoms with van der Waals surface area (Å²) < 4.78 is 15.9. The zero-order chi connectivity index (χ0) is 12.6. The molecule has 5 nitrogen and oxygen atoms in total. The SMILES string of the molecule is C=C(C)C(=O)NOP(=O)(O)CCCCCC. The summed E-state index contributed by atoms with van der Waals surface area (Å²) in [5.41, 5.74) is 2.14. The number of hydroxylamine groups is 1. The van der Waals surface area contributed by atoms with Gasteiger partial charge in [0.15, 0.2) is 0 Å². The first-order chi connectivity index (χ1) is 7.39. The van der Waals surface area contributed by atoms with Gasteiger partial charge in [-0.1, -0.05) is 32.8 Å². The number of rotatable bonds is 8. The molecule has 0 fully saturated rings. The predicted molar refractivity (Wildman–Crippen MR) is 62.9 cm³/mol. The topological polar surface area (TPSA) is 75.6 Å². The Bertz CT molecular complexity index is 291. The van der Waals surface area contributed by atoms with E-state index in [0.29, 0.717) is 6.42 Å². The number of carbonyl (C=O) groups is 1. The third kappa shape index (κ3) is 7.63. The Morgan fingerprint density at radius 2 is 2.06 bits per heavy atom. The van der Waals surface area contributed by atoms with Crippen molar-refractivity contribution in [3.8, 4) is 0 Å². The summed E-state index contributed by atoms with van der Waals surface area (Å²) in [5, 5.41) is 0. The Hall–Kier alpha value is -0.640. The Morgan fingerprint density at radius 3 is 2.56 bits per heavy atom. The van der Waals surface area contributed by atoms with Gasteiger partial charge >= 0.3 is 7.60 Å². The number of unbranched alkanes of at least 4 members (excludes halogenated alkanes) is 3. The van der Waals surface area contributed by atoms with E-state index in [-0.39, 0.29) is 11.7 Å². The van der Waals surface area contributed by atoms with E-state index in [1.807, 2.05) is 5.48 Å². The molecule has 1 amide bonds. The standard InChI is InChI=1S/C10H20NO4P/c1-4-5-6-7-8-16(13,14)15-11-10(12)9(2)3/h2,4-8H2,1,3H3,(H,11,12)(H,13,14). The van der Waals surface area contributed by atoms with E-state index >= 15 is 0 Å². The molecule has 0 aromatic carbocycles. The molecule has 0 saturated heterocycles. The van der Waals surface area contributed by atoms with Crippen LogP contribution >= 0.6 is 7.60 Å². The Balaban J connectivity index is 3.82. The van der Waals surface area contributed by atoms with Crippen LogP contribution < -0.4 is 5.48 Å². The molecule has 6 heteroatoms. The molecule has 2 N–H and O–H groups in total. The van der Waals surface area contributed by atoms with E-state index in [0.717, 1.165) is 19.3 Å². The average Bonchev–Trinajstić information content (AvgIpc) is 2.21. The molecule has 0 saturated carbocycles. The van der Waals surface area contributed by atoms with Gasteiger partial charge in [0.2, 0.25) is 0 Å². The molecule has 94 valence electrons. The fourth-order valence-corrected chi connectivity index (χ4v) is 1.92. The minimum Gasteiger partial charge on any atom is -0.323 e. The van der Waals surface area contributed by atoms with Crippen molar-refractivity contribution in [2.24, 2.45) is 0 Å². The van der Waals surface area contributed by atoms with Crippen molar-refractivity contribution in [3.05, 3.63) is 12.2 Å². The molecule has 0 radical (unpaired) electrons. The van der Waals surface area contributed by atoms with E-state index in [4.69, 9.17) is 0 Å². The first-order valence-corrected chi connectivity index (χ1v) is 7.11. The highest BCUT2D eigenvalue weighted by Gasteiger charge is 2.20. The second kappa shape index (κ2) is 7.60. The van der Waals surface area contributed by atoms with Crippen molar-refractivity contribution in [2.45, 2.75) is 39.5 Å². The second-order valence-electron chi connectivity index (χ2n) is 3.72. The summed E-state index contributed by atoms with van der Waals surface area (Å²) in [4.78, 5) is 20.3. The minimum absolute atomic E-state index is 0.0590. The monoisotopic (exact) mass is 249 g/mol. The van der Waals surface area contributed by atoms with Gasteiger partial charge in [0.25, 0.3) is 5.91 Å². The van der Waals surface area contributed by atoms with Crippen LogP contribution in [0.2, 0.25) is 0 Å². The van der Waals surface area contributed by atoms with Gasteiger partial charge in [-0.3, -0.25) is 9.36 Å². The van der Waals surface area contributed by atoms with Crippen molar-refractivity contribution in [3.63, 3.8) is 0 Å². The van der Waals surface area contributed by atoms with Gasteiger partial charge in [-0.05, 0) is 13.3 Å². The quantitative estimate of drug-likeness (QED) is 0.300. The van der Waals surface area contributed by atoms with Gasteiger partial charge in [0.1, 0.15) is 0 Å². The van der Waals surface area contributed by atoms with Crippen LogP contribution in [-0.2, 0) is 14.0 Å². The lowest BCUT2D eigenvalue weighted by atomic mass is 10.2. The first-order valence-electron chi connectivity index (χ1n) is 5.35. The summed E-state index contributed by atoms with van der Waals surface area (Å²) in [7, 11) is -3.70. The molecule has 16 heavy (non-hydrogen) atoms. The van der Waals surface area contributed by atoms with E-state index in [2.05, 4.69) is 18.1 Å². The molecule has 0 heterocycles. The molecule has 0 aromatic heterocycles. The Labute approximate surface area is 96.4 Å². The van der Waals surface area contributed by atoms with E-state index in [9.17, 15) is 14.3 Å². The summed E-state index contributed by atoms with van der Waals surface area (Å²) in [6.07, 6.45) is 3.65. The van der Waals surface area contributed by atoms with Crippen molar-refractivity contribution in [2.75, 3.05) is 6.16 Å². The molecule has 1 atom stereocenters. The molecule has 0 bridgehead atoms. The molecule has 0 aliphatic rings. The third-order valence-corrected chi connectivity index (χ3v) is 3.22. The molecule has 0 rings (SSSR count). The van der Waals surface area contributed by atoms with Crippen LogP contribution in [0.4, 0.5) is 0 Å². The second-order valence-corrected chi connectivity index (χ2v) is 5.63. The lowest BCUT2D eigenvalue weighted by Gasteiger charge is -2.11. The van der Waals surface area contributed by atoms with Crippen LogP contribution in [-0.4, -0.2) is 17.0 Å². The van der Waals surface area contributed by atoms with Gasteiger partial charge < -0.3 is 4.89 Å². The number of hydrogen-bond donors (Lipinski definition) is 2. The van der Waals surface area contributed by atoms with Crippen molar-refractivity contribution in [1.29, 1.82) is 0 Å². The van der Waals surface area contributed by atoms with Crippen LogP contribution in [0.25, 0.3) is 0 Å². The Morgan fingerprint density at radius 1 is 1.44 bits per heavy atom. The maximum Gasteiger partial charge on any atom is 0.349 e. The fraction of sp³-hybridized carbons (Fsp3) is 0.700. The van der Waals surface area contributed by atoms with E-state index in [1.165, 1.54) is 6.92 Å². The van der Waals surface area contributed by atoms with Crippen LogP contribution in [0.1, 0.15) is 39.5 Å². The van der Waals surface area contributed by atoms with Crippen LogP contribution in [0.15, 0.2) is 12.2 Å². The highest BCUT2D eigenvalue weighted by Crippen LogP contribution is 2.41. The molecule has 0 aliphatic carbocycles. The number of amides is 1. The molecule has 1 unspecified atom stereocenters.